The number of benzene rings is 2. The summed E-state index contributed by atoms with van der Waals surface area (Å²) < 4.78 is 0. The van der Waals surface area contributed by atoms with E-state index in [0.29, 0.717) is 18.1 Å². The van der Waals surface area contributed by atoms with E-state index >= 15 is 0 Å². The summed E-state index contributed by atoms with van der Waals surface area (Å²) in [6.07, 6.45) is 0. The molecule has 1 saturated heterocycles. The Hall–Kier alpha value is -2.53. The Kier molecular flexibility index (Phi) is 4.44. The van der Waals surface area contributed by atoms with E-state index in [-0.39, 0.29) is 23.8 Å². The van der Waals surface area contributed by atoms with Gasteiger partial charge in [0.1, 0.15) is 12.3 Å². The Balaban J connectivity index is 1.78. The molecular weight excluding hydrogens is 328 g/mol. The molecule has 0 unspecified atom stereocenters. The number of hydrogen-bond acceptors (Lipinski definition) is 3. The van der Waals surface area contributed by atoms with Gasteiger partial charge in [0, 0.05) is 23.8 Å². The van der Waals surface area contributed by atoms with Crippen molar-refractivity contribution < 1.29 is 14.7 Å². The van der Waals surface area contributed by atoms with Crippen LogP contribution in [0.2, 0.25) is 5.02 Å². The molecule has 0 aliphatic carbocycles. The van der Waals surface area contributed by atoms with Crippen LogP contribution in [0.3, 0.4) is 0 Å². The molecule has 1 heterocycles. The molecule has 3 rings (SSSR count). The minimum absolute atomic E-state index is 0.0286. The van der Waals surface area contributed by atoms with Gasteiger partial charge in [0.2, 0.25) is 5.91 Å². The highest BCUT2D eigenvalue weighted by Gasteiger charge is 2.30. The second-order valence-corrected chi connectivity index (χ2v) is 6.16. The first-order valence-corrected chi connectivity index (χ1v) is 7.99. The van der Waals surface area contributed by atoms with Gasteiger partial charge < -0.3 is 14.9 Å². The van der Waals surface area contributed by atoms with Crippen molar-refractivity contribution in [3.05, 3.63) is 58.6 Å². The normalized spacial score (nSPS) is 14.8. The number of carbonyl (C=O) groups is 2. The Bertz CT molecular complexity index is 807. The fourth-order valence-corrected chi connectivity index (χ4v) is 2.99. The summed E-state index contributed by atoms with van der Waals surface area (Å²) >= 11 is 5.89. The molecule has 5 nitrogen and oxygen atoms in total. The Labute approximate surface area is 145 Å². The number of anilines is 1. The van der Waals surface area contributed by atoms with Gasteiger partial charge in [-0.05, 0) is 36.8 Å². The molecule has 24 heavy (non-hydrogen) atoms. The van der Waals surface area contributed by atoms with Crippen LogP contribution in [0.25, 0.3) is 0 Å². The van der Waals surface area contributed by atoms with Crippen molar-refractivity contribution in [2.45, 2.75) is 6.92 Å². The molecular formula is C18H17ClN2O3. The zero-order valence-corrected chi connectivity index (χ0v) is 14.0. The Morgan fingerprint density at radius 3 is 2.62 bits per heavy atom. The number of hydrogen-bond donors (Lipinski definition) is 1. The number of phenols is 1. The number of aromatic hydroxyl groups is 1. The molecule has 0 bridgehead atoms. The highest BCUT2D eigenvalue weighted by atomic mass is 35.5. The quantitative estimate of drug-likeness (QED) is 0.911. The lowest BCUT2D eigenvalue weighted by molar-refractivity contribution is -0.120. The van der Waals surface area contributed by atoms with Crippen molar-refractivity contribution in [1.29, 1.82) is 0 Å². The van der Waals surface area contributed by atoms with Gasteiger partial charge in [-0.3, -0.25) is 9.59 Å². The monoisotopic (exact) mass is 344 g/mol. The van der Waals surface area contributed by atoms with Crippen LogP contribution < -0.4 is 4.90 Å². The van der Waals surface area contributed by atoms with Crippen LogP contribution in [0.5, 0.6) is 5.75 Å². The third-order valence-corrected chi connectivity index (χ3v) is 4.34. The maximum atomic E-state index is 12.6. The molecule has 2 aromatic carbocycles. The Morgan fingerprint density at radius 2 is 1.92 bits per heavy atom. The number of phenolic OH excluding ortho intramolecular Hbond substituents is 1. The molecule has 2 aromatic rings. The summed E-state index contributed by atoms with van der Waals surface area (Å²) in [6.45, 7) is 2.73. The first-order valence-electron chi connectivity index (χ1n) is 7.61. The first kappa shape index (κ1) is 16.3. The third-order valence-electron chi connectivity index (χ3n) is 4.10. The van der Waals surface area contributed by atoms with Crippen molar-refractivity contribution in [2.75, 3.05) is 24.5 Å². The predicted octanol–water partition coefficient (Wildman–Crippen LogP) is 2.84. The van der Waals surface area contributed by atoms with Crippen LogP contribution in [0.1, 0.15) is 15.9 Å². The van der Waals surface area contributed by atoms with Crippen molar-refractivity contribution in [3.63, 3.8) is 0 Å². The van der Waals surface area contributed by atoms with E-state index in [0.717, 1.165) is 11.3 Å². The fraction of sp³-hybridized carbons (Fsp3) is 0.222. The summed E-state index contributed by atoms with van der Waals surface area (Å²) in [6, 6.07) is 12.0. The molecule has 0 atom stereocenters. The minimum atomic E-state index is -0.396. The van der Waals surface area contributed by atoms with Gasteiger partial charge in [-0.15, -0.1) is 0 Å². The minimum Gasteiger partial charge on any atom is -0.507 e. The van der Waals surface area contributed by atoms with Crippen LogP contribution in [-0.4, -0.2) is 41.5 Å². The zero-order valence-electron chi connectivity index (χ0n) is 13.2. The van der Waals surface area contributed by atoms with E-state index in [1.54, 1.807) is 4.90 Å². The molecule has 2 amide bonds. The standard InChI is InChI=1S/C18H17ClN2O3/c1-12-4-2-3-5-15(12)21-9-8-20(11-17(21)23)18(24)14-10-13(19)6-7-16(14)22/h2-7,10,22H,8-9,11H2,1H3. The maximum absolute atomic E-state index is 12.6. The van der Waals surface area contributed by atoms with Gasteiger partial charge in [0.25, 0.3) is 5.91 Å². The maximum Gasteiger partial charge on any atom is 0.258 e. The molecule has 0 saturated carbocycles. The summed E-state index contributed by atoms with van der Waals surface area (Å²) in [5, 5.41) is 10.2. The number of halogens is 1. The van der Waals surface area contributed by atoms with Crippen LogP contribution in [-0.2, 0) is 4.79 Å². The molecule has 1 N–H and O–H groups in total. The molecule has 0 radical (unpaired) electrons. The number of nitrogens with zero attached hydrogens (tertiary/aromatic N) is 2. The van der Waals surface area contributed by atoms with E-state index < -0.39 is 5.91 Å². The van der Waals surface area contributed by atoms with Gasteiger partial charge >= 0.3 is 0 Å². The predicted molar refractivity (Wildman–Crippen MR) is 92.6 cm³/mol. The summed E-state index contributed by atoms with van der Waals surface area (Å²) in [7, 11) is 0. The highest BCUT2D eigenvalue weighted by Crippen LogP contribution is 2.25. The van der Waals surface area contributed by atoms with E-state index in [9.17, 15) is 14.7 Å². The lowest BCUT2D eigenvalue weighted by atomic mass is 10.1. The molecule has 1 fully saturated rings. The summed E-state index contributed by atoms with van der Waals surface area (Å²) in [4.78, 5) is 28.2. The molecule has 6 heteroatoms. The molecule has 1 aliphatic heterocycles. The van der Waals surface area contributed by atoms with E-state index in [4.69, 9.17) is 11.6 Å². The van der Waals surface area contributed by atoms with Gasteiger partial charge in [-0.1, -0.05) is 29.8 Å². The first-order chi connectivity index (χ1) is 11.5. The number of para-hydroxylation sites is 1. The lowest BCUT2D eigenvalue weighted by Gasteiger charge is -2.35. The summed E-state index contributed by atoms with van der Waals surface area (Å²) in [5.74, 6) is -0.684. The average Bonchev–Trinajstić information content (AvgIpc) is 2.57. The zero-order chi connectivity index (χ0) is 17.3. The highest BCUT2D eigenvalue weighted by molar-refractivity contribution is 6.31. The smallest absolute Gasteiger partial charge is 0.258 e. The number of carbonyl (C=O) groups excluding carboxylic acids is 2. The summed E-state index contributed by atoms with van der Waals surface area (Å²) in [5.41, 5.74) is 1.98. The number of amides is 2. The van der Waals surface area contributed by atoms with E-state index in [1.807, 2.05) is 31.2 Å². The van der Waals surface area contributed by atoms with Crippen molar-refractivity contribution >= 4 is 29.1 Å². The van der Waals surface area contributed by atoms with Crippen molar-refractivity contribution in [3.8, 4) is 5.75 Å². The van der Waals surface area contributed by atoms with Gasteiger partial charge in [0.05, 0.1) is 5.56 Å². The SMILES string of the molecule is Cc1ccccc1N1CCN(C(=O)c2cc(Cl)ccc2O)CC1=O. The third kappa shape index (κ3) is 3.08. The second-order valence-electron chi connectivity index (χ2n) is 5.72. The lowest BCUT2D eigenvalue weighted by Crippen LogP contribution is -2.52. The van der Waals surface area contributed by atoms with Crippen LogP contribution in [0.4, 0.5) is 5.69 Å². The van der Waals surface area contributed by atoms with E-state index in [1.165, 1.54) is 23.1 Å². The van der Waals surface area contributed by atoms with Gasteiger partial charge in [-0.2, -0.15) is 0 Å². The number of rotatable bonds is 2. The molecule has 1 aliphatic rings. The largest absolute Gasteiger partial charge is 0.507 e. The average molecular weight is 345 g/mol. The van der Waals surface area contributed by atoms with Gasteiger partial charge in [0.15, 0.2) is 0 Å². The Morgan fingerprint density at radius 1 is 1.17 bits per heavy atom. The topological polar surface area (TPSA) is 60.9 Å². The van der Waals surface area contributed by atoms with Crippen molar-refractivity contribution in [1.82, 2.24) is 4.90 Å². The fourth-order valence-electron chi connectivity index (χ4n) is 2.82. The number of aryl methyl sites for hydroxylation is 1. The van der Waals surface area contributed by atoms with Crippen LogP contribution in [0, 0.1) is 6.92 Å². The van der Waals surface area contributed by atoms with Crippen LogP contribution >= 0.6 is 11.6 Å². The molecule has 124 valence electrons. The van der Waals surface area contributed by atoms with E-state index in [2.05, 4.69) is 0 Å². The number of piperazine rings is 1. The van der Waals surface area contributed by atoms with Crippen LogP contribution in [0.15, 0.2) is 42.5 Å². The van der Waals surface area contributed by atoms with Gasteiger partial charge in [-0.25, -0.2) is 0 Å². The second kappa shape index (κ2) is 6.53. The van der Waals surface area contributed by atoms with Crippen molar-refractivity contribution in [2.24, 2.45) is 0 Å². The molecule has 0 aromatic heterocycles. The molecule has 0 spiro atoms.